The van der Waals surface area contributed by atoms with Crippen LogP contribution >= 0.6 is 24.0 Å². The van der Waals surface area contributed by atoms with E-state index >= 15 is 0 Å². The summed E-state index contributed by atoms with van der Waals surface area (Å²) >= 11 is 0. The van der Waals surface area contributed by atoms with Crippen molar-refractivity contribution in [2.45, 2.75) is 31.8 Å². The lowest BCUT2D eigenvalue weighted by Crippen LogP contribution is -2.43. The third-order valence-electron chi connectivity index (χ3n) is 4.67. The van der Waals surface area contributed by atoms with Crippen molar-refractivity contribution in [3.05, 3.63) is 35.9 Å². The molecule has 0 saturated carbocycles. The smallest absolute Gasteiger partial charge is 0.188 e. The average molecular weight is 445 g/mol. The molecule has 2 atom stereocenters. The van der Waals surface area contributed by atoms with E-state index in [1.54, 1.807) is 0 Å². The van der Waals surface area contributed by atoms with Crippen molar-refractivity contribution in [3.63, 3.8) is 0 Å². The van der Waals surface area contributed by atoms with Crippen LogP contribution < -0.4 is 11.1 Å². The summed E-state index contributed by atoms with van der Waals surface area (Å²) in [6.07, 6.45) is 2.53. The number of halogens is 1. The first kappa shape index (κ1) is 21.2. The van der Waals surface area contributed by atoms with E-state index in [9.17, 15) is 0 Å². The lowest BCUT2D eigenvalue weighted by Gasteiger charge is -2.24. The van der Waals surface area contributed by atoms with Gasteiger partial charge in [0.15, 0.2) is 5.96 Å². The monoisotopic (exact) mass is 445 g/mol. The van der Waals surface area contributed by atoms with E-state index in [1.807, 2.05) is 6.07 Å². The number of nitrogens with one attached hydrogen (secondary N) is 1. The number of aliphatic imine (C=N–C) groups is 1. The zero-order valence-electron chi connectivity index (χ0n) is 15.1. The van der Waals surface area contributed by atoms with E-state index < -0.39 is 0 Å². The van der Waals surface area contributed by atoms with Crippen molar-refractivity contribution in [3.8, 4) is 0 Å². The van der Waals surface area contributed by atoms with E-state index in [4.69, 9.17) is 5.73 Å². The Bertz CT molecular complexity index is 491. The first-order valence-electron chi connectivity index (χ1n) is 8.61. The summed E-state index contributed by atoms with van der Waals surface area (Å²) in [5.74, 6) is 0.552. The van der Waals surface area contributed by atoms with E-state index in [2.05, 4.69) is 65.4 Å². The van der Waals surface area contributed by atoms with Crippen LogP contribution in [0.25, 0.3) is 0 Å². The Hall–Kier alpha value is -0.860. The first-order chi connectivity index (χ1) is 11.1. The third-order valence-corrected chi connectivity index (χ3v) is 4.67. The molecule has 0 amide bonds. The molecule has 6 heteroatoms. The Morgan fingerprint density at radius 3 is 2.71 bits per heavy atom. The molecule has 5 nitrogen and oxygen atoms in total. The quantitative estimate of drug-likeness (QED) is 0.384. The van der Waals surface area contributed by atoms with Crippen molar-refractivity contribution >= 4 is 29.9 Å². The predicted octanol–water partition coefficient (Wildman–Crippen LogP) is 2.30. The summed E-state index contributed by atoms with van der Waals surface area (Å²) in [6, 6.07) is 11.3. The van der Waals surface area contributed by atoms with Gasteiger partial charge in [0, 0.05) is 12.6 Å². The second-order valence-electron chi connectivity index (χ2n) is 6.42. The Balaban J connectivity index is 0.00000288. The van der Waals surface area contributed by atoms with Gasteiger partial charge in [0.2, 0.25) is 0 Å². The molecule has 1 aliphatic rings. The van der Waals surface area contributed by atoms with Gasteiger partial charge in [-0.2, -0.15) is 0 Å². The largest absolute Gasteiger partial charge is 0.370 e. The molecule has 1 aliphatic heterocycles. The van der Waals surface area contributed by atoms with Crippen LogP contribution in [0.5, 0.6) is 0 Å². The van der Waals surface area contributed by atoms with Gasteiger partial charge >= 0.3 is 0 Å². The molecule has 24 heavy (non-hydrogen) atoms. The van der Waals surface area contributed by atoms with Gasteiger partial charge in [0.25, 0.3) is 0 Å². The summed E-state index contributed by atoms with van der Waals surface area (Å²) in [6.45, 7) is 6.09. The SMILES string of the molecule is CCN1CCCC1CNC(N)=NCC(c1ccccc1)N(C)C.I. The van der Waals surface area contributed by atoms with Crippen LogP contribution in [0.1, 0.15) is 31.4 Å². The molecular formula is C18H32IN5. The van der Waals surface area contributed by atoms with Gasteiger partial charge in [0.1, 0.15) is 0 Å². The molecule has 0 spiro atoms. The molecule has 1 saturated heterocycles. The molecule has 0 bridgehead atoms. The number of nitrogens with zero attached hydrogens (tertiary/aromatic N) is 3. The number of guanidine groups is 1. The maximum Gasteiger partial charge on any atom is 0.188 e. The number of benzene rings is 1. The molecule has 1 heterocycles. The van der Waals surface area contributed by atoms with Crippen molar-refractivity contribution in [2.75, 3.05) is 40.3 Å². The van der Waals surface area contributed by atoms with E-state index in [0.29, 0.717) is 18.5 Å². The number of hydrogen-bond donors (Lipinski definition) is 2. The highest BCUT2D eigenvalue weighted by Crippen LogP contribution is 2.18. The number of likely N-dealkylation sites (N-methyl/N-ethyl adjacent to an activating group) is 2. The maximum absolute atomic E-state index is 6.07. The summed E-state index contributed by atoms with van der Waals surface area (Å²) < 4.78 is 0. The first-order valence-corrected chi connectivity index (χ1v) is 8.61. The Labute approximate surface area is 163 Å². The van der Waals surface area contributed by atoms with Gasteiger partial charge in [-0.25, -0.2) is 0 Å². The Morgan fingerprint density at radius 1 is 1.38 bits per heavy atom. The molecule has 1 fully saturated rings. The Kier molecular flexibility index (Phi) is 9.61. The molecule has 0 radical (unpaired) electrons. The number of nitrogens with two attached hydrogens (primary N) is 1. The van der Waals surface area contributed by atoms with Crippen molar-refractivity contribution < 1.29 is 0 Å². The predicted molar refractivity (Wildman–Crippen MR) is 113 cm³/mol. The van der Waals surface area contributed by atoms with Gasteiger partial charge < -0.3 is 16.0 Å². The van der Waals surface area contributed by atoms with Crippen molar-refractivity contribution in [1.29, 1.82) is 0 Å². The summed E-state index contributed by atoms with van der Waals surface area (Å²) in [5, 5.41) is 3.30. The molecular weight excluding hydrogens is 413 g/mol. The van der Waals surface area contributed by atoms with Gasteiger partial charge in [-0.05, 0) is 45.6 Å². The van der Waals surface area contributed by atoms with Crippen LogP contribution in [0.4, 0.5) is 0 Å². The fourth-order valence-electron chi connectivity index (χ4n) is 3.25. The van der Waals surface area contributed by atoms with Crippen LogP contribution in [0.3, 0.4) is 0 Å². The topological polar surface area (TPSA) is 56.9 Å². The van der Waals surface area contributed by atoms with Crippen molar-refractivity contribution in [1.82, 2.24) is 15.1 Å². The highest BCUT2D eigenvalue weighted by molar-refractivity contribution is 14.0. The third kappa shape index (κ3) is 6.22. The lowest BCUT2D eigenvalue weighted by molar-refractivity contribution is 0.267. The fourth-order valence-corrected chi connectivity index (χ4v) is 3.25. The number of hydrogen-bond acceptors (Lipinski definition) is 3. The van der Waals surface area contributed by atoms with Crippen LogP contribution in [0, 0.1) is 0 Å². The molecule has 0 aromatic heterocycles. The molecule has 1 aromatic carbocycles. The molecule has 136 valence electrons. The van der Waals surface area contributed by atoms with E-state index in [0.717, 1.165) is 13.1 Å². The van der Waals surface area contributed by atoms with E-state index in [1.165, 1.54) is 24.9 Å². The van der Waals surface area contributed by atoms with Gasteiger partial charge in [-0.3, -0.25) is 9.89 Å². The zero-order chi connectivity index (χ0) is 16.7. The van der Waals surface area contributed by atoms with Gasteiger partial charge in [0.05, 0.1) is 12.6 Å². The second kappa shape index (κ2) is 10.9. The fraction of sp³-hybridized carbons (Fsp3) is 0.611. The second-order valence-corrected chi connectivity index (χ2v) is 6.42. The normalized spacial score (nSPS) is 20.0. The molecule has 0 aliphatic carbocycles. The summed E-state index contributed by atoms with van der Waals surface area (Å²) in [4.78, 5) is 9.25. The van der Waals surface area contributed by atoms with E-state index in [-0.39, 0.29) is 30.0 Å². The summed E-state index contributed by atoms with van der Waals surface area (Å²) in [5.41, 5.74) is 7.33. The molecule has 3 N–H and O–H groups in total. The van der Waals surface area contributed by atoms with Crippen LogP contribution in [0.15, 0.2) is 35.3 Å². The highest BCUT2D eigenvalue weighted by atomic mass is 127. The van der Waals surface area contributed by atoms with Crippen LogP contribution in [-0.2, 0) is 0 Å². The van der Waals surface area contributed by atoms with Crippen molar-refractivity contribution in [2.24, 2.45) is 10.7 Å². The molecule has 1 aromatic rings. The van der Waals surface area contributed by atoms with Crippen LogP contribution in [-0.4, -0.2) is 62.1 Å². The minimum atomic E-state index is 0. The lowest BCUT2D eigenvalue weighted by atomic mass is 10.1. The summed E-state index contributed by atoms with van der Waals surface area (Å²) in [7, 11) is 4.16. The maximum atomic E-state index is 6.07. The Morgan fingerprint density at radius 2 is 2.08 bits per heavy atom. The van der Waals surface area contributed by atoms with Gasteiger partial charge in [-0.1, -0.05) is 37.3 Å². The highest BCUT2D eigenvalue weighted by Gasteiger charge is 2.22. The number of rotatable bonds is 7. The zero-order valence-corrected chi connectivity index (χ0v) is 17.4. The van der Waals surface area contributed by atoms with Crippen LogP contribution in [0.2, 0.25) is 0 Å². The minimum Gasteiger partial charge on any atom is -0.370 e. The standard InChI is InChI=1S/C18H31N5.HI/c1-4-23-12-8-11-16(23)13-20-18(19)21-14-17(22(2)3)15-9-6-5-7-10-15;/h5-7,9-10,16-17H,4,8,11-14H2,1-3H3,(H3,19,20,21);1H. The number of likely N-dealkylation sites (tertiary alicyclic amines) is 1. The van der Waals surface area contributed by atoms with Gasteiger partial charge in [-0.15, -0.1) is 24.0 Å². The molecule has 2 unspecified atom stereocenters. The average Bonchev–Trinajstić information content (AvgIpc) is 3.01. The minimum absolute atomic E-state index is 0. The molecule has 2 rings (SSSR count).